The van der Waals surface area contributed by atoms with Gasteiger partial charge in [0, 0.05) is 11.1 Å². The number of benzene rings is 1. The normalized spacial score (nSPS) is 12.6. The number of nitrogen functional groups attached to an aromatic ring is 1. The van der Waals surface area contributed by atoms with Gasteiger partial charge in [0.2, 0.25) is 11.9 Å². The van der Waals surface area contributed by atoms with Crippen molar-refractivity contribution in [2.24, 2.45) is 0 Å². The lowest BCUT2D eigenvalue weighted by Crippen LogP contribution is -2.26. The van der Waals surface area contributed by atoms with Crippen LogP contribution in [0, 0.1) is 0 Å². The Balaban J connectivity index is 2.02. The number of nitrogens with zero attached hydrogens (tertiary/aromatic N) is 3. The van der Waals surface area contributed by atoms with Gasteiger partial charge < -0.3 is 20.5 Å². The average Bonchev–Trinajstić information content (AvgIpc) is 2.51. The van der Waals surface area contributed by atoms with E-state index in [1.54, 1.807) is 25.3 Å². The topological polar surface area (TPSA) is 95.2 Å². The fourth-order valence-electron chi connectivity index (χ4n) is 1.94. The number of aromatic nitrogens is 3. The Morgan fingerprint density at radius 1 is 1.24 bits per heavy atom. The quantitative estimate of drug-likeness (QED) is 0.773. The van der Waals surface area contributed by atoms with Gasteiger partial charge >= 0.3 is 0 Å². The van der Waals surface area contributed by atoms with E-state index in [1.807, 2.05) is 6.92 Å². The standard InChI is InChI=1S/C16H21ClFN5O2/c1-9(8-25-12-6-10(17)5-11(7-12)24-4)20-15-22-13(16(2,3)18)21-14(19)23-15/h5-7,9H,8H2,1-4H3,(H3,19,20,21,22,23). The number of rotatable bonds is 7. The smallest absolute Gasteiger partial charge is 0.228 e. The van der Waals surface area contributed by atoms with Gasteiger partial charge in [0.25, 0.3) is 0 Å². The highest BCUT2D eigenvalue weighted by Gasteiger charge is 2.24. The molecule has 1 atom stereocenters. The molecule has 0 bridgehead atoms. The Labute approximate surface area is 150 Å². The van der Waals surface area contributed by atoms with Gasteiger partial charge in [-0.2, -0.15) is 15.0 Å². The third kappa shape index (κ3) is 5.60. The van der Waals surface area contributed by atoms with Gasteiger partial charge in [0.05, 0.1) is 13.2 Å². The molecule has 25 heavy (non-hydrogen) atoms. The first-order valence-electron chi connectivity index (χ1n) is 7.62. The molecule has 0 aliphatic carbocycles. The van der Waals surface area contributed by atoms with Crippen LogP contribution >= 0.6 is 11.6 Å². The molecule has 1 aromatic carbocycles. The Morgan fingerprint density at radius 3 is 2.56 bits per heavy atom. The van der Waals surface area contributed by atoms with Crippen LogP contribution in [0.4, 0.5) is 16.3 Å². The number of hydrogen-bond donors (Lipinski definition) is 2. The maximum absolute atomic E-state index is 14.0. The van der Waals surface area contributed by atoms with Gasteiger partial charge in [-0.3, -0.25) is 0 Å². The first-order valence-corrected chi connectivity index (χ1v) is 8.00. The maximum atomic E-state index is 14.0. The Hall–Kier alpha value is -2.35. The van der Waals surface area contributed by atoms with Crippen LogP contribution in [-0.2, 0) is 5.67 Å². The van der Waals surface area contributed by atoms with Crippen LogP contribution in [-0.4, -0.2) is 34.7 Å². The van der Waals surface area contributed by atoms with E-state index in [2.05, 4.69) is 20.3 Å². The van der Waals surface area contributed by atoms with Gasteiger partial charge in [0.1, 0.15) is 18.1 Å². The number of hydrogen-bond acceptors (Lipinski definition) is 7. The molecule has 9 heteroatoms. The molecule has 1 unspecified atom stereocenters. The monoisotopic (exact) mass is 369 g/mol. The SMILES string of the molecule is COc1cc(Cl)cc(OCC(C)Nc2nc(N)nc(C(C)(C)F)n2)c1. The molecule has 0 aliphatic rings. The minimum atomic E-state index is -1.72. The highest BCUT2D eigenvalue weighted by Crippen LogP contribution is 2.26. The van der Waals surface area contributed by atoms with Gasteiger partial charge in [0.15, 0.2) is 11.5 Å². The molecule has 0 fully saturated rings. The predicted octanol–water partition coefficient (Wildman–Crippen LogP) is 3.20. The minimum Gasteiger partial charge on any atom is -0.497 e. The van der Waals surface area contributed by atoms with Crippen molar-refractivity contribution in [1.29, 1.82) is 0 Å². The van der Waals surface area contributed by atoms with Crippen LogP contribution in [0.5, 0.6) is 11.5 Å². The summed E-state index contributed by atoms with van der Waals surface area (Å²) >= 11 is 6.00. The zero-order chi connectivity index (χ0) is 18.6. The summed E-state index contributed by atoms with van der Waals surface area (Å²) in [6.07, 6.45) is 0. The number of halogens is 2. The van der Waals surface area contributed by atoms with Crippen LogP contribution in [0.15, 0.2) is 18.2 Å². The molecular formula is C16H21ClFN5O2. The Bertz CT molecular complexity index is 739. The molecule has 0 spiro atoms. The molecule has 0 radical (unpaired) electrons. The molecule has 0 amide bonds. The maximum Gasteiger partial charge on any atom is 0.228 e. The molecule has 0 saturated heterocycles. The first-order chi connectivity index (χ1) is 11.7. The lowest BCUT2D eigenvalue weighted by atomic mass is 10.1. The van der Waals surface area contributed by atoms with Crippen molar-refractivity contribution in [2.45, 2.75) is 32.5 Å². The number of nitrogens with one attached hydrogen (secondary N) is 1. The number of methoxy groups -OCH3 is 1. The highest BCUT2D eigenvalue weighted by molar-refractivity contribution is 6.30. The second-order valence-electron chi connectivity index (χ2n) is 6.00. The van der Waals surface area contributed by atoms with Gasteiger partial charge in [-0.25, -0.2) is 4.39 Å². The van der Waals surface area contributed by atoms with E-state index >= 15 is 0 Å². The lowest BCUT2D eigenvalue weighted by molar-refractivity contribution is 0.206. The molecule has 7 nitrogen and oxygen atoms in total. The van der Waals surface area contributed by atoms with Crippen molar-refractivity contribution < 1.29 is 13.9 Å². The van der Waals surface area contributed by atoms with Crippen LogP contribution < -0.4 is 20.5 Å². The van der Waals surface area contributed by atoms with Gasteiger partial charge in [-0.1, -0.05) is 11.6 Å². The minimum absolute atomic E-state index is 0.0322. The molecule has 1 aromatic heterocycles. The van der Waals surface area contributed by atoms with Crippen molar-refractivity contribution in [3.63, 3.8) is 0 Å². The number of anilines is 2. The van der Waals surface area contributed by atoms with E-state index in [-0.39, 0.29) is 23.8 Å². The molecule has 2 aromatic rings. The van der Waals surface area contributed by atoms with Crippen molar-refractivity contribution >= 4 is 23.5 Å². The lowest BCUT2D eigenvalue weighted by Gasteiger charge is -2.18. The zero-order valence-corrected chi connectivity index (χ0v) is 15.3. The fraction of sp³-hybridized carbons (Fsp3) is 0.438. The molecule has 3 N–H and O–H groups in total. The predicted molar refractivity (Wildman–Crippen MR) is 95.0 cm³/mol. The van der Waals surface area contributed by atoms with Gasteiger partial charge in [-0.05, 0) is 32.9 Å². The molecule has 1 heterocycles. The summed E-state index contributed by atoms with van der Waals surface area (Å²) in [5, 5.41) is 3.52. The van der Waals surface area contributed by atoms with Crippen molar-refractivity contribution in [1.82, 2.24) is 15.0 Å². The third-order valence-electron chi connectivity index (χ3n) is 3.14. The summed E-state index contributed by atoms with van der Waals surface area (Å²) in [6, 6.07) is 4.91. The van der Waals surface area contributed by atoms with Crippen molar-refractivity contribution in [3.8, 4) is 11.5 Å². The first kappa shape index (κ1) is 19.0. The molecular weight excluding hydrogens is 349 g/mol. The number of nitrogens with two attached hydrogens (primary N) is 1. The summed E-state index contributed by atoms with van der Waals surface area (Å²) in [4.78, 5) is 11.8. The van der Waals surface area contributed by atoms with E-state index in [0.717, 1.165) is 0 Å². The third-order valence-corrected chi connectivity index (χ3v) is 3.36. The second kappa shape index (κ2) is 7.69. The van der Waals surface area contributed by atoms with Gasteiger partial charge in [-0.15, -0.1) is 0 Å². The van der Waals surface area contributed by atoms with E-state index in [0.29, 0.717) is 23.1 Å². The van der Waals surface area contributed by atoms with E-state index in [4.69, 9.17) is 26.8 Å². The van der Waals surface area contributed by atoms with E-state index in [1.165, 1.54) is 13.8 Å². The molecule has 2 rings (SSSR count). The summed E-state index contributed by atoms with van der Waals surface area (Å²) in [6.45, 7) is 4.86. The van der Waals surface area contributed by atoms with Crippen LogP contribution in [0.1, 0.15) is 26.6 Å². The summed E-state index contributed by atoms with van der Waals surface area (Å²) in [5.74, 6) is 1.27. The number of alkyl halides is 1. The van der Waals surface area contributed by atoms with Crippen molar-refractivity contribution in [2.75, 3.05) is 24.8 Å². The number of ether oxygens (including phenoxy) is 2. The van der Waals surface area contributed by atoms with Crippen molar-refractivity contribution in [3.05, 3.63) is 29.0 Å². The highest BCUT2D eigenvalue weighted by atomic mass is 35.5. The largest absolute Gasteiger partial charge is 0.497 e. The summed E-state index contributed by atoms with van der Waals surface area (Å²) in [7, 11) is 1.55. The molecule has 136 valence electrons. The molecule has 0 aliphatic heterocycles. The van der Waals surface area contributed by atoms with Crippen LogP contribution in [0.2, 0.25) is 5.02 Å². The summed E-state index contributed by atoms with van der Waals surface area (Å²) < 4.78 is 24.8. The summed E-state index contributed by atoms with van der Waals surface area (Å²) in [5.41, 5.74) is 3.90. The van der Waals surface area contributed by atoms with Crippen LogP contribution in [0.25, 0.3) is 0 Å². The Kier molecular flexibility index (Phi) is 5.84. The Morgan fingerprint density at radius 2 is 1.92 bits per heavy atom. The van der Waals surface area contributed by atoms with Crippen LogP contribution in [0.3, 0.4) is 0 Å². The zero-order valence-electron chi connectivity index (χ0n) is 14.5. The van der Waals surface area contributed by atoms with E-state index < -0.39 is 5.67 Å². The second-order valence-corrected chi connectivity index (χ2v) is 6.43. The molecule has 0 saturated carbocycles. The fourth-order valence-corrected chi connectivity index (χ4v) is 2.16. The average molecular weight is 370 g/mol. The van der Waals surface area contributed by atoms with E-state index in [9.17, 15) is 4.39 Å².